The lowest BCUT2D eigenvalue weighted by Crippen LogP contribution is -2.48. The quantitative estimate of drug-likeness (QED) is 0.505. The van der Waals surface area contributed by atoms with Crippen molar-refractivity contribution in [3.63, 3.8) is 0 Å². The molecule has 7 rings (SSSR count). The van der Waals surface area contributed by atoms with Crippen LogP contribution >= 0.6 is 11.3 Å². The van der Waals surface area contributed by atoms with Crippen LogP contribution in [0.3, 0.4) is 0 Å². The lowest BCUT2D eigenvalue weighted by molar-refractivity contribution is -0.00611. The van der Waals surface area contributed by atoms with Crippen LogP contribution in [-0.2, 0) is 5.41 Å². The van der Waals surface area contributed by atoms with E-state index >= 15 is 0 Å². The molecule has 4 bridgehead atoms. The summed E-state index contributed by atoms with van der Waals surface area (Å²) in [4.78, 5) is 16.8. The van der Waals surface area contributed by atoms with E-state index in [1.165, 1.54) is 38.5 Å². The van der Waals surface area contributed by atoms with Crippen LogP contribution in [0, 0.1) is 17.8 Å². The average Bonchev–Trinajstić information content (AvgIpc) is 3.23. The smallest absolute Gasteiger partial charge is 0.335 e. The molecule has 3 aromatic rings. The van der Waals surface area contributed by atoms with E-state index in [0.29, 0.717) is 5.75 Å². The number of hydrogen-bond acceptors (Lipinski definition) is 4. The highest BCUT2D eigenvalue weighted by Gasteiger charge is 2.52. The third-order valence-electron chi connectivity index (χ3n) is 7.78. The van der Waals surface area contributed by atoms with Crippen molar-refractivity contribution in [2.45, 2.75) is 43.9 Å². The van der Waals surface area contributed by atoms with Crippen LogP contribution in [0.1, 0.15) is 54.4 Å². The first-order chi connectivity index (χ1) is 15.0. The number of rotatable bonds is 4. The summed E-state index contributed by atoms with van der Waals surface area (Å²) >= 11 is 1.60. The van der Waals surface area contributed by atoms with Gasteiger partial charge in [0.25, 0.3) is 0 Å². The molecule has 0 aliphatic heterocycles. The Hall–Kier alpha value is -2.66. The summed E-state index contributed by atoms with van der Waals surface area (Å²) in [5.41, 5.74) is 3.58. The SMILES string of the molecule is O=C(O)c1ccc(-c2cnc(-c3ccc(O)c(C45CC6CC(CC(C6)C4)C5)c3)s2)cc1. The number of thiazole rings is 1. The van der Waals surface area contributed by atoms with Gasteiger partial charge in [-0.3, -0.25) is 0 Å². The minimum atomic E-state index is -0.919. The van der Waals surface area contributed by atoms with Crippen LogP contribution in [0.5, 0.6) is 5.75 Å². The summed E-state index contributed by atoms with van der Waals surface area (Å²) in [6, 6.07) is 12.9. The van der Waals surface area contributed by atoms with Crippen molar-refractivity contribution in [2.75, 3.05) is 0 Å². The van der Waals surface area contributed by atoms with Crippen LogP contribution in [0.15, 0.2) is 48.7 Å². The number of aromatic carboxylic acids is 1. The Bertz CT molecular complexity index is 1130. The highest BCUT2D eigenvalue weighted by atomic mass is 32.1. The number of carbonyl (C=O) groups is 1. The zero-order valence-electron chi connectivity index (χ0n) is 17.3. The Morgan fingerprint density at radius 2 is 1.55 bits per heavy atom. The van der Waals surface area contributed by atoms with Gasteiger partial charge in [-0.05, 0) is 97.6 Å². The van der Waals surface area contributed by atoms with Crippen molar-refractivity contribution in [2.24, 2.45) is 17.8 Å². The van der Waals surface area contributed by atoms with Crippen molar-refractivity contribution in [1.29, 1.82) is 0 Å². The molecule has 5 heteroatoms. The van der Waals surface area contributed by atoms with E-state index in [0.717, 1.165) is 44.3 Å². The summed E-state index contributed by atoms with van der Waals surface area (Å²) in [6.07, 6.45) is 9.66. The van der Waals surface area contributed by atoms with Crippen LogP contribution in [0.2, 0.25) is 0 Å². The minimum absolute atomic E-state index is 0.140. The third kappa shape index (κ3) is 3.18. The maximum Gasteiger partial charge on any atom is 0.335 e. The first kappa shape index (κ1) is 19.1. The second kappa shape index (κ2) is 6.92. The highest BCUT2D eigenvalue weighted by Crippen LogP contribution is 2.62. The molecule has 1 heterocycles. The molecule has 0 atom stereocenters. The number of carboxylic acid groups (broad SMARTS) is 1. The van der Waals surface area contributed by atoms with Gasteiger partial charge in [-0.2, -0.15) is 0 Å². The molecule has 4 aliphatic rings. The predicted molar refractivity (Wildman–Crippen MR) is 121 cm³/mol. The molecule has 1 aromatic heterocycles. The minimum Gasteiger partial charge on any atom is -0.508 e. The van der Waals surface area contributed by atoms with Crippen molar-refractivity contribution < 1.29 is 15.0 Å². The highest BCUT2D eigenvalue weighted by molar-refractivity contribution is 7.18. The van der Waals surface area contributed by atoms with Crippen molar-refractivity contribution in [3.8, 4) is 26.8 Å². The standard InChI is InChI=1S/C26H25NO3S/c28-22-6-5-20(10-21(22)26-11-15-7-16(12-26)9-17(8-15)13-26)24-27-14-23(31-24)18-1-3-19(4-2-18)25(29)30/h1-6,10,14-17,28H,7-9,11-13H2,(H,29,30). The molecule has 0 spiro atoms. The number of benzene rings is 2. The van der Waals surface area contributed by atoms with Gasteiger partial charge >= 0.3 is 5.97 Å². The van der Waals surface area contributed by atoms with E-state index in [4.69, 9.17) is 5.11 Å². The van der Waals surface area contributed by atoms with Crippen LogP contribution in [-0.4, -0.2) is 21.2 Å². The maximum absolute atomic E-state index is 11.1. The second-order valence-corrected chi connectivity index (χ2v) is 10.9. The number of aromatic nitrogens is 1. The van der Waals surface area contributed by atoms with Crippen LogP contribution < -0.4 is 0 Å². The molecule has 4 saturated carbocycles. The molecule has 158 valence electrons. The van der Waals surface area contributed by atoms with Crippen molar-refractivity contribution >= 4 is 17.3 Å². The predicted octanol–water partition coefficient (Wildman–Crippen LogP) is 6.35. The molecule has 2 aromatic carbocycles. The number of nitrogens with zero attached hydrogens (tertiary/aromatic N) is 1. The Labute approximate surface area is 185 Å². The number of phenolic OH excluding ortho intramolecular Hbond substituents is 1. The van der Waals surface area contributed by atoms with Crippen molar-refractivity contribution in [1.82, 2.24) is 4.98 Å². The molecular weight excluding hydrogens is 406 g/mol. The molecule has 4 fully saturated rings. The summed E-state index contributed by atoms with van der Waals surface area (Å²) in [5.74, 6) is 2.00. The van der Waals surface area contributed by atoms with Gasteiger partial charge in [0.2, 0.25) is 0 Å². The summed E-state index contributed by atoms with van der Waals surface area (Å²) in [7, 11) is 0. The van der Waals surface area contributed by atoms with Crippen LogP contribution in [0.4, 0.5) is 0 Å². The van der Waals surface area contributed by atoms with Gasteiger partial charge in [-0.25, -0.2) is 9.78 Å². The molecule has 0 saturated heterocycles. The molecule has 31 heavy (non-hydrogen) atoms. The first-order valence-electron chi connectivity index (χ1n) is 11.1. The van der Waals surface area contributed by atoms with Gasteiger partial charge in [0.15, 0.2) is 0 Å². The van der Waals surface area contributed by atoms with E-state index in [1.807, 2.05) is 30.5 Å². The monoisotopic (exact) mass is 431 g/mol. The summed E-state index contributed by atoms with van der Waals surface area (Å²) in [5, 5.41) is 20.9. The van der Waals surface area contributed by atoms with Gasteiger partial charge < -0.3 is 10.2 Å². The number of carboxylic acids is 1. The van der Waals surface area contributed by atoms with E-state index in [9.17, 15) is 9.90 Å². The van der Waals surface area contributed by atoms with Gasteiger partial charge in [0, 0.05) is 17.3 Å². The molecule has 4 aliphatic carbocycles. The van der Waals surface area contributed by atoms with E-state index in [2.05, 4.69) is 11.1 Å². The second-order valence-electron chi connectivity index (χ2n) is 9.84. The van der Waals surface area contributed by atoms with E-state index in [-0.39, 0.29) is 11.0 Å². The van der Waals surface area contributed by atoms with Gasteiger partial charge in [-0.15, -0.1) is 11.3 Å². The molecule has 0 amide bonds. The zero-order valence-corrected chi connectivity index (χ0v) is 18.1. The van der Waals surface area contributed by atoms with E-state index in [1.54, 1.807) is 23.5 Å². The molecule has 4 nitrogen and oxygen atoms in total. The lowest BCUT2D eigenvalue weighted by Gasteiger charge is -2.57. The Morgan fingerprint density at radius 1 is 0.935 bits per heavy atom. The zero-order chi connectivity index (χ0) is 21.2. The normalized spacial score (nSPS) is 28.7. The molecule has 2 N–H and O–H groups in total. The average molecular weight is 432 g/mol. The number of aromatic hydroxyl groups is 1. The molecule has 0 unspecified atom stereocenters. The molecular formula is C26H25NO3S. The van der Waals surface area contributed by atoms with Crippen LogP contribution in [0.25, 0.3) is 21.0 Å². The fourth-order valence-corrected chi connectivity index (χ4v) is 7.77. The van der Waals surface area contributed by atoms with E-state index < -0.39 is 5.97 Å². The number of phenols is 1. The topological polar surface area (TPSA) is 70.4 Å². The largest absolute Gasteiger partial charge is 0.508 e. The first-order valence-corrected chi connectivity index (χ1v) is 11.9. The van der Waals surface area contributed by atoms with Gasteiger partial charge in [-0.1, -0.05) is 12.1 Å². The Morgan fingerprint density at radius 3 is 2.16 bits per heavy atom. The van der Waals surface area contributed by atoms with Crippen molar-refractivity contribution in [3.05, 3.63) is 59.8 Å². The molecule has 0 radical (unpaired) electrons. The third-order valence-corrected chi connectivity index (χ3v) is 8.87. The summed E-state index contributed by atoms with van der Waals surface area (Å²) in [6.45, 7) is 0. The Kier molecular flexibility index (Phi) is 4.26. The summed E-state index contributed by atoms with van der Waals surface area (Å²) < 4.78 is 0. The Balaban J connectivity index is 1.34. The fourth-order valence-electron chi connectivity index (χ4n) is 6.85. The lowest BCUT2D eigenvalue weighted by atomic mass is 9.48. The van der Waals surface area contributed by atoms with Gasteiger partial charge in [0.1, 0.15) is 10.8 Å². The fraction of sp³-hybridized carbons (Fsp3) is 0.385. The van der Waals surface area contributed by atoms with Gasteiger partial charge in [0.05, 0.1) is 10.4 Å². The maximum atomic E-state index is 11.1. The number of hydrogen-bond donors (Lipinski definition) is 2.